The number of thiazole rings is 1. The van der Waals surface area contributed by atoms with Crippen molar-refractivity contribution in [1.82, 2.24) is 14.6 Å². The van der Waals surface area contributed by atoms with Crippen LogP contribution in [0.5, 0.6) is 5.75 Å². The van der Waals surface area contributed by atoms with Crippen molar-refractivity contribution in [3.8, 4) is 28.5 Å². The minimum atomic E-state index is -0.232. The molecule has 0 N–H and O–H groups in total. The number of aromatic nitrogens is 3. The lowest BCUT2D eigenvalue weighted by molar-refractivity contribution is 0.309. The van der Waals surface area contributed by atoms with Crippen molar-refractivity contribution in [3.63, 3.8) is 0 Å². The molecule has 5 aromatic rings. The summed E-state index contributed by atoms with van der Waals surface area (Å²) in [6.07, 6.45) is 3.81. The molecule has 0 amide bonds. The average molecular weight is 478 g/mol. The molecule has 3 heterocycles. The molecule has 0 aliphatic rings. The summed E-state index contributed by atoms with van der Waals surface area (Å²) in [5.41, 5.74) is 1.40. The van der Waals surface area contributed by atoms with Gasteiger partial charge in [0, 0.05) is 17.2 Å². The molecule has 0 saturated heterocycles. The monoisotopic (exact) mass is 477 g/mol. The van der Waals surface area contributed by atoms with Crippen LogP contribution in [-0.4, -0.2) is 21.2 Å². The molecule has 166 valence electrons. The van der Waals surface area contributed by atoms with Crippen LogP contribution in [0.3, 0.4) is 0 Å². The first-order chi connectivity index (χ1) is 16.1. The first-order valence-corrected chi connectivity index (χ1v) is 11.8. The minimum Gasteiger partial charge on any atom is -0.494 e. The molecule has 0 radical (unpaired) electrons. The molecule has 3 aromatic heterocycles. The van der Waals surface area contributed by atoms with Crippen LogP contribution >= 0.6 is 22.9 Å². The van der Waals surface area contributed by atoms with Crippen molar-refractivity contribution in [2.75, 3.05) is 6.61 Å². The highest BCUT2D eigenvalue weighted by atomic mass is 35.5. The summed E-state index contributed by atoms with van der Waals surface area (Å²) in [6.45, 7) is 2.82. The highest BCUT2D eigenvalue weighted by Gasteiger charge is 2.13. The predicted octanol–water partition coefficient (Wildman–Crippen LogP) is 5.46. The summed E-state index contributed by atoms with van der Waals surface area (Å²) < 4.78 is 13.4. The molecule has 0 atom stereocenters. The van der Waals surface area contributed by atoms with Crippen molar-refractivity contribution in [2.24, 2.45) is 0 Å². The van der Waals surface area contributed by atoms with Gasteiger partial charge in [-0.2, -0.15) is 9.50 Å². The smallest absolute Gasteiger partial charge is 0.291 e. The van der Waals surface area contributed by atoms with E-state index in [9.17, 15) is 4.79 Å². The summed E-state index contributed by atoms with van der Waals surface area (Å²) in [4.78, 5) is 17.9. The van der Waals surface area contributed by atoms with Gasteiger partial charge in [0.2, 0.25) is 4.96 Å². The predicted molar refractivity (Wildman–Crippen MR) is 131 cm³/mol. The Morgan fingerprint density at radius 1 is 1.12 bits per heavy atom. The summed E-state index contributed by atoms with van der Waals surface area (Å²) in [5.74, 6) is 2.52. The van der Waals surface area contributed by atoms with E-state index in [1.54, 1.807) is 6.08 Å². The van der Waals surface area contributed by atoms with E-state index >= 15 is 0 Å². The van der Waals surface area contributed by atoms with Gasteiger partial charge in [-0.15, -0.1) is 5.10 Å². The summed E-state index contributed by atoms with van der Waals surface area (Å²) >= 11 is 7.52. The SMILES string of the molecule is CCCCOc1ccc(-c2nc3s/c(=C/c4ccc(-c5ccccc5Cl)o4)c(=O)n3n2)cc1. The van der Waals surface area contributed by atoms with Crippen LogP contribution in [0.4, 0.5) is 0 Å². The second-order valence-corrected chi connectivity index (χ2v) is 8.87. The third kappa shape index (κ3) is 4.42. The Morgan fingerprint density at radius 2 is 1.94 bits per heavy atom. The van der Waals surface area contributed by atoms with Gasteiger partial charge in [-0.25, -0.2) is 0 Å². The Morgan fingerprint density at radius 3 is 2.70 bits per heavy atom. The number of furan rings is 1. The van der Waals surface area contributed by atoms with Gasteiger partial charge in [0.25, 0.3) is 5.56 Å². The number of ether oxygens (including phenoxy) is 1. The van der Waals surface area contributed by atoms with Gasteiger partial charge in [0.15, 0.2) is 5.82 Å². The fourth-order valence-electron chi connectivity index (χ4n) is 3.36. The molecule has 0 saturated carbocycles. The van der Waals surface area contributed by atoms with E-state index in [0.29, 0.717) is 38.5 Å². The van der Waals surface area contributed by atoms with Crippen LogP contribution in [0.1, 0.15) is 25.5 Å². The quantitative estimate of drug-likeness (QED) is 0.291. The van der Waals surface area contributed by atoms with E-state index in [4.69, 9.17) is 20.8 Å². The van der Waals surface area contributed by atoms with E-state index in [1.807, 2.05) is 60.7 Å². The van der Waals surface area contributed by atoms with E-state index in [1.165, 1.54) is 15.9 Å². The second-order valence-electron chi connectivity index (χ2n) is 7.45. The van der Waals surface area contributed by atoms with Gasteiger partial charge in [0.1, 0.15) is 21.8 Å². The van der Waals surface area contributed by atoms with Gasteiger partial charge in [-0.3, -0.25) is 4.79 Å². The lowest BCUT2D eigenvalue weighted by Gasteiger charge is -2.05. The van der Waals surface area contributed by atoms with Crippen molar-refractivity contribution in [2.45, 2.75) is 19.8 Å². The molecule has 0 spiro atoms. The van der Waals surface area contributed by atoms with Crippen LogP contribution in [0, 0.1) is 0 Å². The van der Waals surface area contributed by atoms with Crippen LogP contribution in [0.2, 0.25) is 5.02 Å². The number of hydrogen-bond donors (Lipinski definition) is 0. The van der Waals surface area contributed by atoms with E-state index in [2.05, 4.69) is 17.0 Å². The van der Waals surface area contributed by atoms with Gasteiger partial charge < -0.3 is 9.15 Å². The highest BCUT2D eigenvalue weighted by molar-refractivity contribution is 7.15. The van der Waals surface area contributed by atoms with Gasteiger partial charge >= 0.3 is 0 Å². The topological polar surface area (TPSA) is 69.6 Å². The standard InChI is InChI=1S/C25H20ClN3O3S/c1-2-3-14-31-17-10-8-16(9-11-17)23-27-25-29(28-23)24(30)22(33-25)15-18-12-13-21(32-18)19-6-4-5-7-20(19)26/h4-13,15H,2-3,14H2,1H3/b22-15+. The molecule has 8 heteroatoms. The van der Waals surface area contributed by atoms with Crippen molar-refractivity contribution >= 4 is 34.0 Å². The fourth-order valence-corrected chi connectivity index (χ4v) is 4.47. The number of nitrogens with zero attached hydrogens (tertiary/aromatic N) is 3. The summed E-state index contributed by atoms with van der Waals surface area (Å²) in [6, 6.07) is 18.7. The third-order valence-corrected chi connectivity index (χ3v) is 6.39. The maximum atomic E-state index is 12.9. The van der Waals surface area contributed by atoms with Gasteiger partial charge in [-0.1, -0.05) is 48.4 Å². The number of rotatable bonds is 7. The molecule has 5 rings (SSSR count). The lowest BCUT2D eigenvalue weighted by Crippen LogP contribution is -2.23. The first-order valence-electron chi connectivity index (χ1n) is 10.6. The first kappa shape index (κ1) is 21.4. The number of unbranched alkanes of at least 4 members (excludes halogenated alkanes) is 1. The van der Waals surface area contributed by atoms with E-state index < -0.39 is 0 Å². The van der Waals surface area contributed by atoms with Crippen LogP contribution in [-0.2, 0) is 0 Å². The zero-order valence-corrected chi connectivity index (χ0v) is 19.4. The van der Waals surface area contributed by atoms with Crippen molar-refractivity contribution < 1.29 is 9.15 Å². The Labute approximate surface area is 198 Å². The number of halogens is 1. The molecule has 6 nitrogen and oxygen atoms in total. The third-order valence-electron chi connectivity index (χ3n) is 5.10. The molecular weight excluding hydrogens is 458 g/mol. The molecule has 0 fully saturated rings. The molecule has 0 aliphatic heterocycles. The van der Waals surface area contributed by atoms with Gasteiger partial charge in [-0.05, 0) is 55.0 Å². The van der Waals surface area contributed by atoms with E-state index in [0.717, 1.165) is 29.7 Å². The molecular formula is C25H20ClN3O3S. The molecule has 0 bridgehead atoms. The lowest BCUT2D eigenvalue weighted by atomic mass is 10.2. The van der Waals surface area contributed by atoms with Crippen molar-refractivity contribution in [1.29, 1.82) is 0 Å². The molecule has 0 unspecified atom stereocenters. The number of fused-ring (bicyclic) bond motifs is 1. The number of benzene rings is 2. The maximum Gasteiger partial charge on any atom is 0.291 e. The highest BCUT2D eigenvalue weighted by Crippen LogP contribution is 2.29. The molecule has 0 aliphatic carbocycles. The normalized spacial score (nSPS) is 12.0. The largest absolute Gasteiger partial charge is 0.494 e. The van der Waals surface area contributed by atoms with Crippen LogP contribution in [0.25, 0.3) is 33.7 Å². The van der Waals surface area contributed by atoms with Crippen molar-refractivity contribution in [3.05, 3.63) is 86.3 Å². The fraction of sp³-hybridized carbons (Fsp3) is 0.160. The van der Waals surface area contributed by atoms with Crippen LogP contribution in [0.15, 0.2) is 69.9 Å². The Kier molecular flexibility index (Phi) is 5.98. The van der Waals surface area contributed by atoms with Crippen LogP contribution < -0.4 is 14.8 Å². The van der Waals surface area contributed by atoms with E-state index in [-0.39, 0.29) is 5.56 Å². The molecule has 33 heavy (non-hydrogen) atoms. The second kappa shape index (κ2) is 9.21. The zero-order valence-electron chi connectivity index (χ0n) is 17.8. The Hall–Kier alpha value is -3.42. The summed E-state index contributed by atoms with van der Waals surface area (Å²) in [7, 11) is 0. The van der Waals surface area contributed by atoms with Gasteiger partial charge in [0.05, 0.1) is 11.6 Å². The maximum absolute atomic E-state index is 12.9. The summed E-state index contributed by atoms with van der Waals surface area (Å²) in [5, 5.41) is 5.02. The minimum absolute atomic E-state index is 0.232. The molecule has 2 aromatic carbocycles. The zero-order chi connectivity index (χ0) is 22.8. The Balaban J connectivity index is 1.40. The Bertz CT molecular complexity index is 1520. The number of hydrogen-bond acceptors (Lipinski definition) is 6. The average Bonchev–Trinajstić information content (AvgIpc) is 3.52.